The normalized spacial score (nSPS) is 19.0. The number of nitrogens with one attached hydrogen (secondary N) is 1. The van der Waals surface area contributed by atoms with Crippen LogP contribution in [-0.2, 0) is 18.5 Å². The van der Waals surface area contributed by atoms with E-state index in [-0.39, 0.29) is 0 Å². The second kappa shape index (κ2) is 5.36. The Morgan fingerprint density at radius 3 is 2.83 bits per heavy atom. The number of nitrogens with two attached hydrogens (primary N) is 1. The largest absolute Gasteiger partial charge is 0.363 e. The van der Waals surface area contributed by atoms with Gasteiger partial charge in [0.1, 0.15) is 5.66 Å². The number of anilines is 1. The molecule has 4 rings (SSSR count). The van der Waals surface area contributed by atoms with E-state index in [4.69, 9.17) is 5.73 Å². The molecule has 1 unspecified atom stereocenters. The molecule has 0 saturated carbocycles. The minimum absolute atomic E-state index is 0.493. The molecule has 2 heterocycles. The number of hydrogen-bond donors (Lipinski definition) is 2. The zero-order chi connectivity index (χ0) is 15.9. The highest BCUT2D eigenvalue weighted by molar-refractivity contribution is 6.01. The SMILES string of the molecule is CC1(N)Nc2cccc3ccc(CCCc4cccnc4)c1c23. The molecule has 3 N–H and O–H groups in total. The average molecular weight is 303 g/mol. The van der Waals surface area contributed by atoms with Crippen LogP contribution in [-0.4, -0.2) is 4.98 Å². The summed E-state index contributed by atoms with van der Waals surface area (Å²) in [4.78, 5) is 4.19. The number of rotatable bonds is 4. The summed E-state index contributed by atoms with van der Waals surface area (Å²) in [7, 11) is 0. The van der Waals surface area contributed by atoms with Crippen LogP contribution in [0.5, 0.6) is 0 Å². The topological polar surface area (TPSA) is 50.9 Å². The van der Waals surface area contributed by atoms with Crippen LogP contribution >= 0.6 is 0 Å². The molecule has 1 aliphatic rings. The van der Waals surface area contributed by atoms with Crippen molar-refractivity contribution in [2.24, 2.45) is 5.73 Å². The molecule has 0 amide bonds. The number of pyridine rings is 1. The lowest BCUT2D eigenvalue weighted by molar-refractivity contribution is 0.582. The quantitative estimate of drug-likeness (QED) is 0.767. The van der Waals surface area contributed by atoms with Gasteiger partial charge in [-0.3, -0.25) is 4.98 Å². The molecule has 0 bridgehead atoms. The molecule has 2 aromatic carbocycles. The number of aromatic nitrogens is 1. The van der Waals surface area contributed by atoms with Crippen molar-refractivity contribution in [3.8, 4) is 0 Å². The van der Waals surface area contributed by atoms with Crippen molar-refractivity contribution in [1.29, 1.82) is 0 Å². The first-order valence-electron chi connectivity index (χ1n) is 8.16. The number of aryl methyl sites for hydroxylation is 2. The Hall–Kier alpha value is -2.39. The molecule has 0 aliphatic carbocycles. The van der Waals surface area contributed by atoms with Crippen LogP contribution in [0, 0.1) is 0 Å². The van der Waals surface area contributed by atoms with E-state index in [1.54, 1.807) is 0 Å². The summed E-state index contributed by atoms with van der Waals surface area (Å²) >= 11 is 0. The molecule has 1 aliphatic heterocycles. The lowest BCUT2D eigenvalue weighted by atomic mass is 9.91. The Labute approximate surface area is 136 Å². The molecule has 1 aromatic heterocycles. The second-order valence-corrected chi connectivity index (χ2v) is 6.55. The Morgan fingerprint density at radius 1 is 1.09 bits per heavy atom. The van der Waals surface area contributed by atoms with E-state index in [1.165, 1.54) is 27.5 Å². The van der Waals surface area contributed by atoms with Gasteiger partial charge in [0, 0.05) is 29.0 Å². The number of hydrogen-bond acceptors (Lipinski definition) is 3. The summed E-state index contributed by atoms with van der Waals surface area (Å²) in [5.41, 5.74) is 11.1. The van der Waals surface area contributed by atoms with Crippen LogP contribution in [0.1, 0.15) is 30.0 Å². The minimum atomic E-state index is -0.493. The van der Waals surface area contributed by atoms with E-state index in [2.05, 4.69) is 53.6 Å². The number of benzene rings is 2. The van der Waals surface area contributed by atoms with E-state index in [1.807, 2.05) is 18.5 Å². The van der Waals surface area contributed by atoms with Crippen molar-refractivity contribution in [3.63, 3.8) is 0 Å². The smallest absolute Gasteiger partial charge is 0.110 e. The van der Waals surface area contributed by atoms with Gasteiger partial charge in [0.2, 0.25) is 0 Å². The van der Waals surface area contributed by atoms with Crippen LogP contribution in [0.3, 0.4) is 0 Å². The van der Waals surface area contributed by atoms with E-state index < -0.39 is 5.66 Å². The fraction of sp³-hybridized carbons (Fsp3) is 0.250. The molecule has 23 heavy (non-hydrogen) atoms. The Bertz CT molecular complexity index is 853. The molecule has 3 nitrogen and oxygen atoms in total. The summed E-state index contributed by atoms with van der Waals surface area (Å²) < 4.78 is 0. The van der Waals surface area contributed by atoms with Gasteiger partial charge in [-0.1, -0.05) is 30.3 Å². The maximum Gasteiger partial charge on any atom is 0.110 e. The molecule has 0 radical (unpaired) electrons. The first-order valence-corrected chi connectivity index (χ1v) is 8.16. The molecule has 3 heteroatoms. The molecular weight excluding hydrogens is 282 g/mol. The predicted molar refractivity (Wildman–Crippen MR) is 95.4 cm³/mol. The monoisotopic (exact) mass is 303 g/mol. The molecule has 3 aromatic rings. The van der Waals surface area contributed by atoms with Gasteiger partial charge in [0.05, 0.1) is 0 Å². The maximum absolute atomic E-state index is 6.55. The van der Waals surface area contributed by atoms with Gasteiger partial charge in [-0.25, -0.2) is 0 Å². The highest BCUT2D eigenvalue weighted by Gasteiger charge is 2.33. The lowest BCUT2D eigenvalue weighted by Gasteiger charge is -2.24. The maximum atomic E-state index is 6.55. The van der Waals surface area contributed by atoms with E-state index >= 15 is 0 Å². The molecule has 116 valence electrons. The summed E-state index contributed by atoms with van der Waals surface area (Å²) in [5.74, 6) is 0. The first-order chi connectivity index (χ1) is 11.1. The Morgan fingerprint density at radius 2 is 2.00 bits per heavy atom. The van der Waals surface area contributed by atoms with Gasteiger partial charge in [-0.15, -0.1) is 0 Å². The van der Waals surface area contributed by atoms with Crippen molar-refractivity contribution < 1.29 is 0 Å². The third-order valence-corrected chi connectivity index (χ3v) is 4.68. The van der Waals surface area contributed by atoms with Gasteiger partial charge in [-0.05, 0) is 54.8 Å². The summed E-state index contributed by atoms with van der Waals surface area (Å²) in [6, 6.07) is 14.9. The van der Waals surface area contributed by atoms with Gasteiger partial charge in [0.25, 0.3) is 0 Å². The third-order valence-electron chi connectivity index (χ3n) is 4.68. The van der Waals surface area contributed by atoms with Gasteiger partial charge in [-0.2, -0.15) is 0 Å². The molecular formula is C20H21N3. The van der Waals surface area contributed by atoms with E-state index in [0.717, 1.165) is 24.9 Å². The summed E-state index contributed by atoms with van der Waals surface area (Å²) in [6.45, 7) is 2.06. The van der Waals surface area contributed by atoms with E-state index in [9.17, 15) is 0 Å². The van der Waals surface area contributed by atoms with Crippen LogP contribution < -0.4 is 11.1 Å². The van der Waals surface area contributed by atoms with Crippen molar-refractivity contribution in [2.45, 2.75) is 31.8 Å². The number of nitrogens with zero attached hydrogens (tertiary/aromatic N) is 1. The Balaban J connectivity index is 1.64. The minimum Gasteiger partial charge on any atom is -0.363 e. The highest BCUT2D eigenvalue weighted by Crippen LogP contribution is 2.42. The van der Waals surface area contributed by atoms with E-state index in [0.29, 0.717) is 0 Å². The lowest BCUT2D eigenvalue weighted by Crippen LogP contribution is -2.39. The Kier molecular flexibility index (Phi) is 3.31. The van der Waals surface area contributed by atoms with Gasteiger partial charge in [0.15, 0.2) is 0 Å². The fourth-order valence-corrected chi connectivity index (χ4v) is 3.70. The van der Waals surface area contributed by atoms with Crippen molar-refractivity contribution in [3.05, 3.63) is 71.5 Å². The van der Waals surface area contributed by atoms with Crippen LogP contribution in [0.4, 0.5) is 5.69 Å². The predicted octanol–water partition coefficient (Wildman–Crippen LogP) is 3.97. The van der Waals surface area contributed by atoms with Gasteiger partial charge < -0.3 is 11.1 Å². The highest BCUT2D eigenvalue weighted by atomic mass is 15.1. The average Bonchev–Trinajstić information content (AvgIpc) is 2.83. The zero-order valence-corrected chi connectivity index (χ0v) is 13.3. The summed E-state index contributed by atoms with van der Waals surface area (Å²) in [5, 5.41) is 6.01. The fourth-order valence-electron chi connectivity index (χ4n) is 3.70. The van der Waals surface area contributed by atoms with Crippen molar-refractivity contribution in [2.75, 3.05) is 5.32 Å². The summed E-state index contributed by atoms with van der Waals surface area (Å²) in [6.07, 6.45) is 6.94. The second-order valence-electron chi connectivity index (χ2n) is 6.55. The molecule has 0 saturated heterocycles. The van der Waals surface area contributed by atoms with Crippen LogP contribution in [0.15, 0.2) is 54.9 Å². The molecule has 0 fully saturated rings. The molecule has 1 atom stereocenters. The standard InChI is InChI=1S/C20H21N3/c1-20(21)19-16(8-2-5-14-6-4-12-22-13-14)11-10-15-7-3-9-17(23-20)18(15)19/h3-4,6-7,9-13,23H,2,5,8,21H2,1H3. The van der Waals surface area contributed by atoms with Crippen LogP contribution in [0.2, 0.25) is 0 Å². The zero-order valence-electron chi connectivity index (χ0n) is 13.3. The van der Waals surface area contributed by atoms with Crippen molar-refractivity contribution >= 4 is 16.5 Å². The van der Waals surface area contributed by atoms with Crippen molar-refractivity contribution in [1.82, 2.24) is 4.98 Å². The van der Waals surface area contributed by atoms with Gasteiger partial charge >= 0.3 is 0 Å². The molecule has 0 spiro atoms. The van der Waals surface area contributed by atoms with Crippen LogP contribution in [0.25, 0.3) is 10.8 Å². The first kappa shape index (κ1) is 14.2. The third kappa shape index (κ3) is 2.47.